The van der Waals surface area contributed by atoms with Crippen LogP contribution in [0, 0.1) is 0 Å². The summed E-state index contributed by atoms with van der Waals surface area (Å²) in [5.74, 6) is -0.507. The van der Waals surface area contributed by atoms with E-state index in [4.69, 9.17) is 0 Å². The summed E-state index contributed by atoms with van der Waals surface area (Å²) in [7, 11) is 0. The van der Waals surface area contributed by atoms with Crippen LogP contribution in [0.1, 0.15) is 12.5 Å². The summed E-state index contributed by atoms with van der Waals surface area (Å²) >= 11 is 0. The summed E-state index contributed by atoms with van der Waals surface area (Å²) in [6.45, 7) is -0.124. The number of alkyl halides is 3. The third-order valence-corrected chi connectivity index (χ3v) is 2.47. The fourth-order valence-electron chi connectivity index (χ4n) is 1.61. The van der Waals surface area contributed by atoms with Crippen molar-refractivity contribution >= 4 is 17.5 Å². The number of anilines is 1. The van der Waals surface area contributed by atoms with Crippen molar-refractivity contribution in [2.24, 2.45) is 0 Å². The Kier molecular flexibility index (Phi) is 6.84. The lowest BCUT2D eigenvalue weighted by molar-refractivity contribution is -0.173. The molecule has 0 saturated carbocycles. The normalized spacial score (nSPS) is 11.1. The Morgan fingerprint density at radius 3 is 2.36 bits per heavy atom. The average molecular weight is 318 g/mol. The van der Waals surface area contributed by atoms with Crippen LogP contribution < -0.4 is 10.6 Å². The number of ether oxygens (including phenoxy) is 1. The first-order valence-electron chi connectivity index (χ1n) is 6.54. The molecule has 0 aliphatic heterocycles. The van der Waals surface area contributed by atoms with E-state index in [1.807, 2.05) is 0 Å². The van der Waals surface area contributed by atoms with Crippen LogP contribution in [0.2, 0.25) is 0 Å². The molecular weight excluding hydrogens is 301 g/mol. The van der Waals surface area contributed by atoms with Gasteiger partial charge in [-0.1, -0.05) is 12.1 Å². The van der Waals surface area contributed by atoms with Crippen LogP contribution in [0.5, 0.6) is 0 Å². The Hall–Kier alpha value is -2.09. The minimum absolute atomic E-state index is 0.0128. The second-order valence-corrected chi connectivity index (χ2v) is 4.57. The fraction of sp³-hybridized carbons (Fsp3) is 0.429. The minimum atomic E-state index is -4.36. The van der Waals surface area contributed by atoms with E-state index in [2.05, 4.69) is 15.4 Å². The third-order valence-electron chi connectivity index (χ3n) is 2.47. The molecule has 5 nitrogen and oxygen atoms in total. The summed E-state index contributed by atoms with van der Waals surface area (Å²) < 4.78 is 39.8. The summed E-state index contributed by atoms with van der Waals surface area (Å²) in [6, 6.07) is 6.70. The maximum Gasteiger partial charge on any atom is 0.411 e. The molecule has 0 radical (unpaired) electrons. The van der Waals surface area contributed by atoms with Gasteiger partial charge in [0.1, 0.15) is 6.61 Å². The van der Waals surface area contributed by atoms with Crippen molar-refractivity contribution in [3.05, 3.63) is 29.8 Å². The molecule has 1 aromatic carbocycles. The number of benzene rings is 1. The van der Waals surface area contributed by atoms with Gasteiger partial charge in [-0.05, 0) is 17.7 Å². The van der Waals surface area contributed by atoms with Gasteiger partial charge in [0.05, 0.1) is 13.0 Å². The third kappa shape index (κ3) is 8.25. The number of hydrogen-bond donors (Lipinski definition) is 2. The molecule has 0 heterocycles. The van der Waals surface area contributed by atoms with Crippen LogP contribution in [0.4, 0.5) is 18.9 Å². The van der Waals surface area contributed by atoms with Gasteiger partial charge in [0.2, 0.25) is 11.8 Å². The van der Waals surface area contributed by atoms with Crippen molar-refractivity contribution in [2.45, 2.75) is 19.5 Å². The van der Waals surface area contributed by atoms with E-state index in [9.17, 15) is 22.8 Å². The molecule has 0 aromatic heterocycles. The summed E-state index contributed by atoms with van der Waals surface area (Å²) in [6.07, 6.45) is -4.26. The van der Waals surface area contributed by atoms with E-state index in [-0.39, 0.29) is 31.4 Å². The van der Waals surface area contributed by atoms with Crippen molar-refractivity contribution < 1.29 is 27.5 Å². The van der Waals surface area contributed by atoms with Crippen molar-refractivity contribution in [2.75, 3.05) is 25.1 Å². The largest absolute Gasteiger partial charge is 0.411 e. The molecule has 0 aliphatic carbocycles. The first kappa shape index (κ1) is 18.0. The van der Waals surface area contributed by atoms with Gasteiger partial charge in [-0.15, -0.1) is 0 Å². The average Bonchev–Trinajstić information content (AvgIpc) is 2.38. The van der Waals surface area contributed by atoms with Gasteiger partial charge in [-0.2, -0.15) is 13.2 Å². The topological polar surface area (TPSA) is 67.4 Å². The Bertz CT molecular complexity index is 501. The number of nitrogens with one attached hydrogen (secondary N) is 2. The molecule has 2 N–H and O–H groups in total. The Morgan fingerprint density at radius 1 is 1.18 bits per heavy atom. The maximum atomic E-state index is 11.8. The molecule has 122 valence electrons. The maximum absolute atomic E-state index is 11.8. The SMILES string of the molecule is CC(=O)Nc1ccc(CC(=O)NCCOCC(F)(F)F)cc1. The lowest BCUT2D eigenvalue weighted by atomic mass is 10.1. The predicted octanol–water partition coefficient (Wildman–Crippen LogP) is 1.88. The van der Waals surface area contributed by atoms with E-state index < -0.39 is 12.8 Å². The van der Waals surface area contributed by atoms with Gasteiger partial charge < -0.3 is 15.4 Å². The van der Waals surface area contributed by atoms with E-state index >= 15 is 0 Å². The van der Waals surface area contributed by atoms with E-state index in [0.29, 0.717) is 5.69 Å². The smallest absolute Gasteiger partial charge is 0.370 e. The molecule has 8 heteroatoms. The van der Waals surface area contributed by atoms with Crippen LogP contribution in [-0.2, 0) is 20.7 Å². The Labute approximate surface area is 125 Å². The number of carbonyl (C=O) groups is 2. The van der Waals surface area contributed by atoms with Crippen molar-refractivity contribution in [1.82, 2.24) is 5.32 Å². The molecule has 0 saturated heterocycles. The first-order chi connectivity index (χ1) is 10.3. The van der Waals surface area contributed by atoms with Gasteiger partial charge in [0.15, 0.2) is 0 Å². The zero-order chi connectivity index (χ0) is 16.6. The molecule has 0 atom stereocenters. The van der Waals surface area contributed by atoms with Crippen LogP contribution in [0.15, 0.2) is 24.3 Å². The fourth-order valence-corrected chi connectivity index (χ4v) is 1.61. The summed E-state index contributed by atoms with van der Waals surface area (Å²) in [5, 5.41) is 5.06. The van der Waals surface area contributed by atoms with Crippen molar-refractivity contribution in [1.29, 1.82) is 0 Å². The lowest BCUT2D eigenvalue weighted by Crippen LogP contribution is -2.30. The molecule has 2 amide bonds. The van der Waals surface area contributed by atoms with Gasteiger partial charge in [0, 0.05) is 19.2 Å². The van der Waals surface area contributed by atoms with Crippen molar-refractivity contribution in [3.63, 3.8) is 0 Å². The summed E-state index contributed by atoms with van der Waals surface area (Å²) in [5.41, 5.74) is 1.35. The molecule has 0 bridgehead atoms. The van der Waals surface area contributed by atoms with Crippen LogP contribution in [0.3, 0.4) is 0 Å². The zero-order valence-corrected chi connectivity index (χ0v) is 12.0. The Morgan fingerprint density at radius 2 is 1.82 bits per heavy atom. The molecular formula is C14H17F3N2O3. The highest BCUT2D eigenvalue weighted by Crippen LogP contribution is 2.14. The van der Waals surface area contributed by atoms with E-state index in [1.54, 1.807) is 24.3 Å². The molecule has 0 spiro atoms. The predicted molar refractivity (Wildman–Crippen MR) is 74.3 cm³/mol. The monoisotopic (exact) mass is 318 g/mol. The van der Waals surface area contributed by atoms with Gasteiger partial charge in [0.25, 0.3) is 0 Å². The number of halogens is 3. The Balaban J connectivity index is 2.26. The highest BCUT2D eigenvalue weighted by molar-refractivity contribution is 5.88. The molecule has 0 aliphatic rings. The molecule has 0 fully saturated rings. The zero-order valence-electron chi connectivity index (χ0n) is 12.0. The number of hydrogen-bond acceptors (Lipinski definition) is 3. The van der Waals surface area contributed by atoms with Crippen LogP contribution in [0.25, 0.3) is 0 Å². The van der Waals surface area contributed by atoms with Crippen molar-refractivity contribution in [3.8, 4) is 0 Å². The minimum Gasteiger partial charge on any atom is -0.370 e. The number of amides is 2. The van der Waals surface area contributed by atoms with Crippen LogP contribution >= 0.6 is 0 Å². The molecule has 1 rings (SSSR count). The molecule has 1 aromatic rings. The van der Waals surface area contributed by atoms with Gasteiger partial charge in [-0.3, -0.25) is 9.59 Å². The molecule has 22 heavy (non-hydrogen) atoms. The van der Waals surface area contributed by atoms with Crippen LogP contribution in [-0.4, -0.2) is 37.7 Å². The first-order valence-corrected chi connectivity index (χ1v) is 6.54. The lowest BCUT2D eigenvalue weighted by Gasteiger charge is -2.09. The van der Waals surface area contributed by atoms with E-state index in [0.717, 1.165) is 5.56 Å². The standard InChI is InChI=1S/C14H17F3N2O3/c1-10(20)19-12-4-2-11(3-5-12)8-13(21)18-6-7-22-9-14(15,16)17/h2-5H,6-9H2,1H3,(H,18,21)(H,19,20). The van der Waals surface area contributed by atoms with Gasteiger partial charge >= 0.3 is 6.18 Å². The van der Waals surface area contributed by atoms with Gasteiger partial charge in [-0.25, -0.2) is 0 Å². The highest BCUT2D eigenvalue weighted by atomic mass is 19.4. The highest BCUT2D eigenvalue weighted by Gasteiger charge is 2.27. The quantitative estimate of drug-likeness (QED) is 0.754. The number of carbonyl (C=O) groups excluding carboxylic acids is 2. The second-order valence-electron chi connectivity index (χ2n) is 4.57. The van der Waals surface area contributed by atoms with E-state index in [1.165, 1.54) is 6.92 Å². The second kappa shape index (κ2) is 8.38. The molecule has 0 unspecified atom stereocenters. The summed E-state index contributed by atoms with van der Waals surface area (Å²) in [4.78, 5) is 22.4. The number of rotatable bonds is 7.